The molecule has 2 atom stereocenters. The Labute approximate surface area is 124 Å². The number of piperazine rings is 1. The number of hydrogen-bond donors (Lipinski definition) is 1. The van der Waals surface area contributed by atoms with E-state index in [1.165, 1.54) is 42.5 Å². The van der Waals surface area contributed by atoms with Crippen LogP contribution in [0.15, 0.2) is 18.2 Å². The lowest BCUT2D eigenvalue weighted by Gasteiger charge is -2.40. The van der Waals surface area contributed by atoms with Crippen molar-refractivity contribution >= 4 is 0 Å². The Morgan fingerprint density at radius 1 is 1.20 bits per heavy atom. The maximum atomic E-state index is 3.70. The number of hydrogen-bond acceptors (Lipinski definition) is 2. The molecule has 1 aliphatic heterocycles. The first-order valence-corrected chi connectivity index (χ1v) is 8.17. The van der Waals surface area contributed by atoms with Gasteiger partial charge in [0.05, 0.1) is 0 Å². The second-order valence-corrected chi connectivity index (χ2v) is 6.30. The van der Waals surface area contributed by atoms with E-state index in [1.54, 1.807) is 0 Å². The highest BCUT2D eigenvalue weighted by Gasteiger charge is 2.26. The summed E-state index contributed by atoms with van der Waals surface area (Å²) in [5.41, 5.74) is 4.27. The van der Waals surface area contributed by atoms with Gasteiger partial charge < -0.3 is 5.32 Å². The van der Waals surface area contributed by atoms with Crippen LogP contribution in [0.25, 0.3) is 0 Å². The topological polar surface area (TPSA) is 15.3 Å². The third kappa shape index (κ3) is 3.83. The minimum atomic E-state index is 0.662. The molecule has 2 nitrogen and oxygen atoms in total. The molecule has 1 saturated heterocycles. The molecule has 1 N–H and O–H groups in total. The fourth-order valence-corrected chi connectivity index (χ4v) is 3.15. The Morgan fingerprint density at radius 2 is 2.00 bits per heavy atom. The average Bonchev–Trinajstić information content (AvgIpc) is 2.45. The molecular weight excluding hydrogens is 244 g/mol. The summed E-state index contributed by atoms with van der Waals surface area (Å²) < 4.78 is 0. The number of nitrogens with zero attached hydrogens (tertiary/aromatic N) is 1. The van der Waals surface area contributed by atoms with Gasteiger partial charge in [-0.3, -0.25) is 4.90 Å². The van der Waals surface area contributed by atoms with Gasteiger partial charge in [0.25, 0.3) is 0 Å². The van der Waals surface area contributed by atoms with Crippen LogP contribution in [0.2, 0.25) is 0 Å². The second kappa shape index (κ2) is 7.24. The highest BCUT2D eigenvalue weighted by molar-refractivity contribution is 5.29. The van der Waals surface area contributed by atoms with Crippen molar-refractivity contribution in [2.75, 3.05) is 13.1 Å². The van der Waals surface area contributed by atoms with Crippen molar-refractivity contribution in [3.8, 4) is 0 Å². The highest BCUT2D eigenvalue weighted by Crippen LogP contribution is 2.18. The normalized spacial score (nSPS) is 24.0. The largest absolute Gasteiger partial charge is 0.311 e. The molecule has 2 heteroatoms. The molecule has 2 unspecified atom stereocenters. The van der Waals surface area contributed by atoms with Crippen molar-refractivity contribution in [2.45, 2.75) is 65.6 Å². The van der Waals surface area contributed by atoms with Crippen LogP contribution < -0.4 is 5.32 Å². The van der Waals surface area contributed by atoms with E-state index in [2.05, 4.69) is 56.1 Å². The zero-order chi connectivity index (χ0) is 14.5. The fourth-order valence-electron chi connectivity index (χ4n) is 3.15. The number of aryl methyl sites for hydroxylation is 2. The van der Waals surface area contributed by atoms with Crippen LogP contribution in [0, 0.1) is 13.8 Å². The lowest BCUT2D eigenvalue weighted by Crippen LogP contribution is -2.55. The maximum absolute atomic E-state index is 3.70. The summed E-state index contributed by atoms with van der Waals surface area (Å²) in [6.45, 7) is 12.4. The van der Waals surface area contributed by atoms with E-state index in [-0.39, 0.29) is 0 Å². The van der Waals surface area contributed by atoms with Crippen LogP contribution in [0.4, 0.5) is 0 Å². The third-order valence-electron chi connectivity index (χ3n) is 4.69. The molecule has 0 aromatic heterocycles. The molecule has 0 radical (unpaired) electrons. The monoisotopic (exact) mass is 274 g/mol. The van der Waals surface area contributed by atoms with Gasteiger partial charge in [-0.25, -0.2) is 0 Å². The molecule has 2 rings (SSSR count). The van der Waals surface area contributed by atoms with Gasteiger partial charge in [-0.15, -0.1) is 0 Å². The molecule has 1 aliphatic rings. The van der Waals surface area contributed by atoms with E-state index >= 15 is 0 Å². The molecule has 112 valence electrons. The van der Waals surface area contributed by atoms with Gasteiger partial charge in [0, 0.05) is 31.7 Å². The summed E-state index contributed by atoms with van der Waals surface area (Å²) in [5, 5.41) is 3.70. The van der Waals surface area contributed by atoms with E-state index in [1.807, 2.05) is 0 Å². The van der Waals surface area contributed by atoms with Gasteiger partial charge in [0.2, 0.25) is 0 Å². The Balaban J connectivity index is 2.07. The van der Waals surface area contributed by atoms with Gasteiger partial charge in [0.1, 0.15) is 0 Å². The minimum absolute atomic E-state index is 0.662. The third-order valence-corrected chi connectivity index (χ3v) is 4.69. The van der Waals surface area contributed by atoms with E-state index in [9.17, 15) is 0 Å². The standard InChI is InChI=1S/C18H30N2/c1-5-7-18-11-19-17(6-2)13-20(18)12-16-9-8-14(3)15(4)10-16/h8-10,17-19H,5-7,11-13H2,1-4H3. The van der Waals surface area contributed by atoms with Crippen molar-refractivity contribution in [1.82, 2.24) is 10.2 Å². The predicted octanol–water partition coefficient (Wildman–Crippen LogP) is 3.66. The summed E-state index contributed by atoms with van der Waals surface area (Å²) in [5.74, 6) is 0. The molecule has 0 bridgehead atoms. The quantitative estimate of drug-likeness (QED) is 0.881. The summed E-state index contributed by atoms with van der Waals surface area (Å²) in [7, 11) is 0. The SMILES string of the molecule is CCCC1CNC(CC)CN1Cc1ccc(C)c(C)c1. The van der Waals surface area contributed by atoms with Crippen molar-refractivity contribution in [2.24, 2.45) is 0 Å². The summed E-state index contributed by atoms with van der Waals surface area (Å²) in [4.78, 5) is 2.69. The summed E-state index contributed by atoms with van der Waals surface area (Å²) >= 11 is 0. The molecule has 1 fully saturated rings. The van der Waals surface area contributed by atoms with Crippen LogP contribution in [-0.2, 0) is 6.54 Å². The smallest absolute Gasteiger partial charge is 0.0237 e. The number of rotatable bonds is 5. The lowest BCUT2D eigenvalue weighted by molar-refractivity contribution is 0.113. The second-order valence-electron chi connectivity index (χ2n) is 6.30. The number of nitrogens with one attached hydrogen (secondary N) is 1. The van der Waals surface area contributed by atoms with Crippen molar-refractivity contribution in [1.29, 1.82) is 0 Å². The van der Waals surface area contributed by atoms with Crippen molar-refractivity contribution in [3.05, 3.63) is 34.9 Å². The predicted molar refractivity (Wildman–Crippen MR) is 87.1 cm³/mol. The first-order chi connectivity index (χ1) is 9.63. The summed E-state index contributed by atoms with van der Waals surface area (Å²) in [6.07, 6.45) is 3.79. The molecule has 0 saturated carbocycles. The fraction of sp³-hybridized carbons (Fsp3) is 0.667. The van der Waals surface area contributed by atoms with Crippen LogP contribution in [0.5, 0.6) is 0 Å². The molecule has 1 heterocycles. The lowest BCUT2D eigenvalue weighted by atomic mass is 10.0. The molecule has 0 amide bonds. The first kappa shape index (κ1) is 15.5. The highest BCUT2D eigenvalue weighted by atomic mass is 15.2. The Kier molecular flexibility index (Phi) is 5.62. The Bertz CT molecular complexity index is 427. The van der Waals surface area contributed by atoms with Gasteiger partial charge in [-0.2, -0.15) is 0 Å². The molecule has 0 spiro atoms. The van der Waals surface area contributed by atoms with Gasteiger partial charge in [-0.1, -0.05) is 38.5 Å². The van der Waals surface area contributed by atoms with Crippen molar-refractivity contribution < 1.29 is 0 Å². The molecule has 1 aromatic carbocycles. The summed E-state index contributed by atoms with van der Waals surface area (Å²) in [6, 6.07) is 8.29. The maximum Gasteiger partial charge on any atom is 0.0237 e. The van der Waals surface area contributed by atoms with Gasteiger partial charge in [-0.05, 0) is 43.4 Å². The molecular formula is C18H30N2. The molecule has 1 aromatic rings. The number of benzene rings is 1. The van der Waals surface area contributed by atoms with Gasteiger partial charge >= 0.3 is 0 Å². The zero-order valence-electron chi connectivity index (χ0n) is 13.6. The van der Waals surface area contributed by atoms with Crippen LogP contribution in [0.1, 0.15) is 49.8 Å². The first-order valence-electron chi connectivity index (χ1n) is 8.17. The van der Waals surface area contributed by atoms with E-state index < -0.39 is 0 Å². The van der Waals surface area contributed by atoms with E-state index in [4.69, 9.17) is 0 Å². The van der Waals surface area contributed by atoms with Crippen LogP contribution in [-0.4, -0.2) is 30.1 Å². The van der Waals surface area contributed by atoms with Crippen LogP contribution in [0.3, 0.4) is 0 Å². The van der Waals surface area contributed by atoms with E-state index in [0.717, 1.165) is 13.1 Å². The Morgan fingerprint density at radius 3 is 2.65 bits per heavy atom. The van der Waals surface area contributed by atoms with E-state index in [0.29, 0.717) is 12.1 Å². The van der Waals surface area contributed by atoms with Crippen LogP contribution >= 0.6 is 0 Å². The zero-order valence-corrected chi connectivity index (χ0v) is 13.6. The Hall–Kier alpha value is -0.860. The molecule has 20 heavy (non-hydrogen) atoms. The van der Waals surface area contributed by atoms with Crippen molar-refractivity contribution in [3.63, 3.8) is 0 Å². The average molecular weight is 274 g/mol. The molecule has 0 aliphatic carbocycles. The minimum Gasteiger partial charge on any atom is -0.311 e. The van der Waals surface area contributed by atoms with Gasteiger partial charge in [0.15, 0.2) is 0 Å².